The average Bonchev–Trinajstić information content (AvgIpc) is 2.96. The van der Waals surface area contributed by atoms with Crippen LogP contribution >= 0.6 is 0 Å². The third-order valence-electron chi connectivity index (χ3n) is 3.03. The highest BCUT2D eigenvalue weighted by molar-refractivity contribution is 6.03. The van der Waals surface area contributed by atoms with Crippen LogP contribution in [0.2, 0.25) is 0 Å². The highest BCUT2D eigenvalue weighted by Gasteiger charge is 2.11. The second-order valence-corrected chi connectivity index (χ2v) is 4.56. The summed E-state index contributed by atoms with van der Waals surface area (Å²) in [6, 6.07) is 12.7. The van der Waals surface area contributed by atoms with Gasteiger partial charge in [-0.25, -0.2) is 0 Å². The molecule has 2 aromatic heterocycles. The number of benzene rings is 1. The molecule has 0 aliphatic carbocycles. The number of anilines is 1. The van der Waals surface area contributed by atoms with Crippen LogP contribution in [-0.2, 0) is 11.3 Å². The number of rotatable bonds is 4. The fourth-order valence-electron chi connectivity index (χ4n) is 2.07. The molecule has 0 unspecified atom stereocenters. The first-order valence-electron chi connectivity index (χ1n) is 6.50. The van der Waals surface area contributed by atoms with Gasteiger partial charge >= 0.3 is 0 Å². The molecule has 5 nitrogen and oxygen atoms in total. The Morgan fingerprint density at radius 3 is 3.05 bits per heavy atom. The van der Waals surface area contributed by atoms with Gasteiger partial charge in [0.05, 0.1) is 5.52 Å². The van der Waals surface area contributed by atoms with Crippen molar-refractivity contribution in [2.45, 2.75) is 6.61 Å². The van der Waals surface area contributed by atoms with Gasteiger partial charge in [-0.15, -0.1) is 0 Å². The lowest BCUT2D eigenvalue weighted by Crippen LogP contribution is -2.10. The van der Waals surface area contributed by atoms with Crippen LogP contribution in [0, 0.1) is 0 Å². The predicted octanol–water partition coefficient (Wildman–Crippen LogP) is 3.23. The molecule has 5 heteroatoms. The number of carbonyl (C=O) groups excluding carboxylic acids is 1. The van der Waals surface area contributed by atoms with Gasteiger partial charge in [0, 0.05) is 24.4 Å². The van der Waals surface area contributed by atoms with E-state index in [9.17, 15) is 4.79 Å². The summed E-state index contributed by atoms with van der Waals surface area (Å²) in [4.78, 5) is 16.3. The molecule has 0 radical (unpaired) electrons. The first-order chi connectivity index (χ1) is 10.3. The Bertz CT molecular complexity index is 780. The summed E-state index contributed by atoms with van der Waals surface area (Å²) in [5.41, 5.74) is 1.58. The van der Waals surface area contributed by atoms with Crippen LogP contribution in [0.5, 0.6) is 0 Å². The van der Waals surface area contributed by atoms with E-state index in [1.165, 1.54) is 0 Å². The van der Waals surface area contributed by atoms with E-state index in [0.717, 1.165) is 10.9 Å². The second kappa shape index (κ2) is 5.76. The molecule has 2 heterocycles. The standard InChI is InChI=1S/C16H14N2O3/c1-20-10-13-5-7-15(21-13)16(19)18-12-4-6-14-11(9-12)3-2-8-17-14/h2-9H,10H2,1H3,(H,18,19). The van der Waals surface area contributed by atoms with Gasteiger partial charge in [0.15, 0.2) is 5.76 Å². The molecule has 1 N–H and O–H groups in total. The van der Waals surface area contributed by atoms with Crippen LogP contribution in [0.1, 0.15) is 16.3 Å². The van der Waals surface area contributed by atoms with E-state index in [4.69, 9.17) is 9.15 Å². The number of hydrogen-bond acceptors (Lipinski definition) is 4. The largest absolute Gasteiger partial charge is 0.453 e. The highest BCUT2D eigenvalue weighted by Crippen LogP contribution is 2.18. The maximum absolute atomic E-state index is 12.1. The van der Waals surface area contributed by atoms with Gasteiger partial charge in [-0.05, 0) is 36.4 Å². The lowest BCUT2D eigenvalue weighted by atomic mass is 10.2. The average molecular weight is 282 g/mol. The van der Waals surface area contributed by atoms with Crippen molar-refractivity contribution < 1.29 is 13.9 Å². The number of ether oxygens (including phenoxy) is 1. The number of carbonyl (C=O) groups is 1. The van der Waals surface area contributed by atoms with Crippen molar-refractivity contribution in [3.8, 4) is 0 Å². The molecule has 0 spiro atoms. The Hall–Kier alpha value is -2.66. The third kappa shape index (κ3) is 2.93. The maximum atomic E-state index is 12.1. The molecule has 3 aromatic rings. The van der Waals surface area contributed by atoms with Gasteiger partial charge in [0.25, 0.3) is 5.91 Å². The SMILES string of the molecule is COCc1ccc(C(=O)Nc2ccc3ncccc3c2)o1. The molecule has 1 aromatic carbocycles. The van der Waals surface area contributed by atoms with Crippen LogP contribution in [0.15, 0.2) is 53.1 Å². The lowest BCUT2D eigenvalue weighted by Gasteiger charge is -2.04. The van der Waals surface area contributed by atoms with Crippen LogP contribution in [0.3, 0.4) is 0 Å². The first kappa shape index (κ1) is 13.3. The molecule has 0 saturated heterocycles. The van der Waals surface area contributed by atoms with E-state index < -0.39 is 0 Å². The molecule has 0 atom stereocenters. The van der Waals surface area contributed by atoms with E-state index in [-0.39, 0.29) is 11.7 Å². The fourth-order valence-corrected chi connectivity index (χ4v) is 2.07. The zero-order valence-electron chi connectivity index (χ0n) is 11.5. The number of methoxy groups -OCH3 is 1. The summed E-state index contributed by atoms with van der Waals surface area (Å²) in [7, 11) is 1.57. The van der Waals surface area contributed by atoms with Crippen LogP contribution in [0.25, 0.3) is 10.9 Å². The van der Waals surface area contributed by atoms with Gasteiger partial charge in [-0.2, -0.15) is 0 Å². The Balaban J connectivity index is 1.78. The van der Waals surface area contributed by atoms with E-state index in [1.54, 1.807) is 25.4 Å². The lowest BCUT2D eigenvalue weighted by molar-refractivity contribution is 0.0987. The third-order valence-corrected chi connectivity index (χ3v) is 3.03. The summed E-state index contributed by atoms with van der Waals surface area (Å²) in [6.07, 6.45) is 1.74. The zero-order chi connectivity index (χ0) is 14.7. The summed E-state index contributed by atoms with van der Waals surface area (Å²) in [6.45, 7) is 0.342. The van der Waals surface area contributed by atoms with Crippen molar-refractivity contribution in [2.24, 2.45) is 0 Å². The summed E-state index contributed by atoms with van der Waals surface area (Å²) >= 11 is 0. The topological polar surface area (TPSA) is 64.4 Å². The molecule has 0 aliphatic heterocycles. The molecule has 0 aliphatic rings. The molecular weight excluding hydrogens is 268 g/mol. The van der Waals surface area contributed by atoms with Gasteiger partial charge in [-0.3, -0.25) is 9.78 Å². The van der Waals surface area contributed by atoms with Crippen molar-refractivity contribution in [3.63, 3.8) is 0 Å². The first-order valence-corrected chi connectivity index (χ1v) is 6.50. The van der Waals surface area contributed by atoms with E-state index in [0.29, 0.717) is 18.1 Å². The second-order valence-electron chi connectivity index (χ2n) is 4.56. The normalized spacial score (nSPS) is 10.7. The van der Waals surface area contributed by atoms with E-state index in [2.05, 4.69) is 10.3 Å². The molecule has 1 amide bonds. The van der Waals surface area contributed by atoms with Crippen molar-refractivity contribution in [2.75, 3.05) is 12.4 Å². The van der Waals surface area contributed by atoms with Crippen molar-refractivity contribution in [1.29, 1.82) is 0 Å². The number of nitrogens with zero attached hydrogens (tertiary/aromatic N) is 1. The highest BCUT2D eigenvalue weighted by atomic mass is 16.5. The van der Waals surface area contributed by atoms with Crippen LogP contribution < -0.4 is 5.32 Å². The molecule has 21 heavy (non-hydrogen) atoms. The number of furan rings is 1. The van der Waals surface area contributed by atoms with Gasteiger partial charge in [-0.1, -0.05) is 6.07 Å². The van der Waals surface area contributed by atoms with E-state index in [1.807, 2.05) is 30.3 Å². The number of fused-ring (bicyclic) bond motifs is 1. The Morgan fingerprint density at radius 1 is 1.29 bits per heavy atom. The number of aromatic nitrogens is 1. The minimum Gasteiger partial charge on any atom is -0.453 e. The summed E-state index contributed by atoms with van der Waals surface area (Å²) in [5.74, 6) is 0.583. The van der Waals surface area contributed by atoms with E-state index >= 15 is 0 Å². The maximum Gasteiger partial charge on any atom is 0.291 e. The quantitative estimate of drug-likeness (QED) is 0.798. The number of nitrogens with one attached hydrogen (secondary N) is 1. The van der Waals surface area contributed by atoms with Gasteiger partial charge < -0.3 is 14.5 Å². The number of amides is 1. The molecule has 0 bridgehead atoms. The monoisotopic (exact) mass is 282 g/mol. The smallest absolute Gasteiger partial charge is 0.291 e. The molecule has 0 fully saturated rings. The summed E-state index contributed by atoms with van der Waals surface area (Å²) < 4.78 is 10.4. The van der Waals surface area contributed by atoms with Crippen LogP contribution in [-0.4, -0.2) is 18.0 Å². The molecular formula is C16H14N2O3. The van der Waals surface area contributed by atoms with Crippen molar-refractivity contribution >= 4 is 22.5 Å². The predicted molar refractivity (Wildman–Crippen MR) is 79.1 cm³/mol. The van der Waals surface area contributed by atoms with Crippen molar-refractivity contribution in [1.82, 2.24) is 4.98 Å². The van der Waals surface area contributed by atoms with Crippen molar-refractivity contribution in [3.05, 3.63) is 60.2 Å². The zero-order valence-corrected chi connectivity index (χ0v) is 11.5. The minimum atomic E-state index is -0.291. The number of pyridine rings is 1. The molecule has 0 saturated carbocycles. The van der Waals surface area contributed by atoms with Crippen LogP contribution in [0.4, 0.5) is 5.69 Å². The minimum absolute atomic E-state index is 0.258. The van der Waals surface area contributed by atoms with Gasteiger partial charge in [0.1, 0.15) is 12.4 Å². The number of hydrogen-bond donors (Lipinski definition) is 1. The Labute approximate surface area is 121 Å². The fraction of sp³-hybridized carbons (Fsp3) is 0.125. The Kier molecular flexibility index (Phi) is 3.66. The molecule has 3 rings (SSSR count). The Morgan fingerprint density at radius 2 is 2.19 bits per heavy atom. The molecule has 106 valence electrons. The summed E-state index contributed by atoms with van der Waals surface area (Å²) in [5, 5.41) is 3.77. The van der Waals surface area contributed by atoms with Gasteiger partial charge in [0.2, 0.25) is 0 Å².